The van der Waals surface area contributed by atoms with Crippen molar-refractivity contribution in [2.45, 2.75) is 65.3 Å². The molecule has 0 bridgehead atoms. The number of carbonyl (C=O) groups is 3. The largest absolute Gasteiger partial charge is 0.508 e. The van der Waals surface area contributed by atoms with E-state index in [0.29, 0.717) is 23.3 Å². The smallest absolute Gasteiger partial charge is 0.355 e. The normalized spacial score (nSPS) is 18.0. The highest BCUT2D eigenvalue weighted by Gasteiger charge is 2.51. The molecule has 10 nitrogen and oxygen atoms in total. The first-order valence-electron chi connectivity index (χ1n) is 12.8. The molecular formula is C29H29N3O7. The van der Waals surface area contributed by atoms with E-state index in [1.807, 2.05) is 6.92 Å². The molecule has 0 fully saturated rings. The first-order chi connectivity index (χ1) is 18.5. The van der Waals surface area contributed by atoms with Crippen LogP contribution in [0.25, 0.3) is 22.3 Å². The van der Waals surface area contributed by atoms with E-state index >= 15 is 0 Å². The fourth-order valence-corrected chi connectivity index (χ4v) is 5.35. The number of fused-ring (bicyclic) bond motifs is 5. The van der Waals surface area contributed by atoms with Gasteiger partial charge in [0.2, 0.25) is 11.5 Å². The zero-order chi connectivity index (χ0) is 28.2. The van der Waals surface area contributed by atoms with Gasteiger partial charge in [-0.25, -0.2) is 14.6 Å². The Labute approximate surface area is 224 Å². The lowest BCUT2D eigenvalue weighted by atomic mass is 9.85. The molecule has 0 aliphatic carbocycles. The van der Waals surface area contributed by atoms with Gasteiger partial charge in [-0.2, -0.15) is 0 Å². The summed E-state index contributed by atoms with van der Waals surface area (Å²) in [6.07, 6.45) is 0.658. The van der Waals surface area contributed by atoms with Gasteiger partial charge in [-0.3, -0.25) is 9.59 Å². The lowest BCUT2D eigenvalue weighted by Gasteiger charge is -2.36. The summed E-state index contributed by atoms with van der Waals surface area (Å²) in [6, 6.07) is 5.56. The lowest BCUT2D eigenvalue weighted by molar-refractivity contribution is -0.190. The van der Waals surface area contributed by atoms with Crippen LogP contribution in [0.15, 0.2) is 41.2 Å². The molecule has 2 atom stereocenters. The number of aromatic hydroxyl groups is 1. The van der Waals surface area contributed by atoms with Crippen LogP contribution in [0.2, 0.25) is 0 Å². The van der Waals surface area contributed by atoms with Crippen molar-refractivity contribution in [3.8, 4) is 17.1 Å². The fraction of sp³-hybridized carbons (Fsp3) is 0.345. The van der Waals surface area contributed by atoms with Crippen molar-refractivity contribution in [1.82, 2.24) is 14.9 Å². The molecule has 2 aromatic heterocycles. The third-order valence-electron chi connectivity index (χ3n) is 7.47. The maximum Gasteiger partial charge on any atom is 0.355 e. The average molecular weight is 532 g/mol. The Bertz CT molecular complexity index is 1660. The molecule has 202 valence electrons. The standard InChI is InChI=1S/C29H29N3O7/c1-6-17-18-10-16(33)8-9-22(18)31-24-19(17)12-32-23(24)11-21-20(26(32)35)13-38-28(37)29(21,7-2)39-27(36)15(5)30-25(34)14(3)4/h8-11,15,33H,3,6-7,12-13H2,1-2,4-5H3,(H,30,34). The minimum Gasteiger partial charge on any atom is -0.508 e. The second kappa shape index (κ2) is 9.37. The van der Waals surface area contributed by atoms with E-state index in [9.17, 15) is 24.3 Å². The van der Waals surface area contributed by atoms with Gasteiger partial charge in [-0.05, 0) is 56.5 Å². The van der Waals surface area contributed by atoms with Crippen molar-refractivity contribution in [2.75, 3.05) is 0 Å². The number of nitrogens with zero attached hydrogens (tertiary/aromatic N) is 2. The van der Waals surface area contributed by atoms with Crippen LogP contribution in [0, 0.1) is 0 Å². The molecule has 4 heterocycles. The fourth-order valence-electron chi connectivity index (χ4n) is 5.35. The topological polar surface area (TPSA) is 137 Å². The number of carbonyl (C=O) groups excluding carboxylic acids is 3. The molecule has 0 saturated heterocycles. The van der Waals surface area contributed by atoms with Crippen LogP contribution in [-0.2, 0) is 49.0 Å². The first-order valence-corrected chi connectivity index (χ1v) is 12.8. The van der Waals surface area contributed by atoms with Gasteiger partial charge >= 0.3 is 11.9 Å². The number of hydrogen-bond acceptors (Lipinski definition) is 8. The molecule has 10 heteroatoms. The van der Waals surface area contributed by atoms with Gasteiger partial charge in [0.15, 0.2) is 0 Å². The highest BCUT2D eigenvalue weighted by molar-refractivity contribution is 5.96. The van der Waals surface area contributed by atoms with Gasteiger partial charge in [0, 0.05) is 22.1 Å². The summed E-state index contributed by atoms with van der Waals surface area (Å²) < 4.78 is 12.8. The average Bonchev–Trinajstić information content (AvgIpc) is 3.27. The number of pyridine rings is 2. The van der Waals surface area contributed by atoms with Crippen LogP contribution in [-0.4, -0.2) is 38.5 Å². The molecule has 0 saturated carbocycles. The van der Waals surface area contributed by atoms with Crippen LogP contribution in [0.1, 0.15) is 56.4 Å². The number of esters is 2. The van der Waals surface area contributed by atoms with Crippen LogP contribution >= 0.6 is 0 Å². The van der Waals surface area contributed by atoms with E-state index in [2.05, 4.69) is 11.9 Å². The highest BCUT2D eigenvalue weighted by Crippen LogP contribution is 2.42. The third-order valence-corrected chi connectivity index (χ3v) is 7.47. The molecule has 1 aromatic carbocycles. The van der Waals surface area contributed by atoms with E-state index in [4.69, 9.17) is 14.5 Å². The minimum absolute atomic E-state index is 0.00606. The lowest BCUT2D eigenvalue weighted by Crippen LogP contribution is -2.50. The Balaban J connectivity index is 1.66. The summed E-state index contributed by atoms with van der Waals surface area (Å²) in [6.45, 7) is 10.2. The number of cyclic esters (lactones) is 1. The van der Waals surface area contributed by atoms with Crippen molar-refractivity contribution in [2.24, 2.45) is 0 Å². The molecule has 2 aliphatic heterocycles. The number of rotatable bonds is 6. The summed E-state index contributed by atoms with van der Waals surface area (Å²) in [4.78, 5) is 56.9. The molecule has 0 spiro atoms. The number of ether oxygens (including phenoxy) is 2. The summed E-state index contributed by atoms with van der Waals surface area (Å²) in [5, 5.41) is 13.4. The van der Waals surface area contributed by atoms with Crippen molar-refractivity contribution in [3.05, 3.63) is 69.0 Å². The second-order valence-electron chi connectivity index (χ2n) is 9.94. The quantitative estimate of drug-likeness (QED) is 0.286. The molecular weight excluding hydrogens is 502 g/mol. The first kappa shape index (κ1) is 26.1. The maximum atomic E-state index is 13.8. The van der Waals surface area contributed by atoms with E-state index in [-0.39, 0.29) is 47.6 Å². The van der Waals surface area contributed by atoms with Crippen LogP contribution in [0.4, 0.5) is 0 Å². The highest BCUT2D eigenvalue weighted by atomic mass is 16.6. The van der Waals surface area contributed by atoms with E-state index in [1.165, 1.54) is 13.8 Å². The predicted octanol–water partition coefficient (Wildman–Crippen LogP) is 2.98. The summed E-state index contributed by atoms with van der Waals surface area (Å²) in [5.74, 6) is -2.04. The zero-order valence-electron chi connectivity index (χ0n) is 22.2. The number of aryl methyl sites for hydroxylation is 1. The molecule has 0 radical (unpaired) electrons. The molecule has 2 aliphatic rings. The molecule has 5 rings (SSSR count). The number of phenolic OH excluding ortho intramolecular Hbond substituents is 1. The van der Waals surface area contributed by atoms with Crippen molar-refractivity contribution >= 4 is 28.7 Å². The van der Waals surface area contributed by atoms with Crippen molar-refractivity contribution in [1.29, 1.82) is 0 Å². The van der Waals surface area contributed by atoms with Gasteiger partial charge in [0.25, 0.3) is 5.56 Å². The monoisotopic (exact) mass is 531 g/mol. The Morgan fingerprint density at radius 1 is 1.26 bits per heavy atom. The summed E-state index contributed by atoms with van der Waals surface area (Å²) in [5.41, 5.74) is 2.05. The van der Waals surface area contributed by atoms with Crippen molar-refractivity contribution in [3.63, 3.8) is 0 Å². The van der Waals surface area contributed by atoms with Crippen LogP contribution < -0.4 is 10.9 Å². The maximum absolute atomic E-state index is 13.8. The predicted molar refractivity (Wildman–Crippen MR) is 142 cm³/mol. The minimum atomic E-state index is -1.87. The van der Waals surface area contributed by atoms with Gasteiger partial charge in [0.1, 0.15) is 18.4 Å². The summed E-state index contributed by atoms with van der Waals surface area (Å²) >= 11 is 0. The number of hydrogen-bond donors (Lipinski definition) is 2. The van der Waals surface area contributed by atoms with Gasteiger partial charge in [-0.15, -0.1) is 0 Å². The van der Waals surface area contributed by atoms with Gasteiger partial charge < -0.3 is 24.5 Å². The third kappa shape index (κ3) is 3.98. The summed E-state index contributed by atoms with van der Waals surface area (Å²) in [7, 11) is 0. The van der Waals surface area contributed by atoms with E-state index in [1.54, 1.807) is 35.8 Å². The second-order valence-corrected chi connectivity index (χ2v) is 9.94. The molecule has 1 amide bonds. The molecule has 3 aromatic rings. The SMILES string of the molecule is C=C(C)C(=O)NC(C)C(=O)OC1(CC)C(=O)OCc2c1cc1n(c2=O)Cc2c-1nc1ccc(O)cc1c2CC. The number of amides is 1. The van der Waals surface area contributed by atoms with E-state index in [0.717, 1.165) is 16.5 Å². The number of nitrogens with one attached hydrogen (secondary N) is 1. The van der Waals surface area contributed by atoms with E-state index < -0.39 is 29.5 Å². The van der Waals surface area contributed by atoms with Gasteiger partial charge in [0.05, 0.1) is 29.0 Å². The van der Waals surface area contributed by atoms with Crippen LogP contribution in [0.5, 0.6) is 5.75 Å². The Kier molecular flexibility index (Phi) is 6.28. The van der Waals surface area contributed by atoms with Crippen molar-refractivity contribution < 1.29 is 29.0 Å². The number of phenols is 1. The van der Waals surface area contributed by atoms with Gasteiger partial charge in [-0.1, -0.05) is 20.4 Å². The molecule has 39 heavy (non-hydrogen) atoms. The number of benzene rings is 1. The molecule has 2 unspecified atom stereocenters. The molecule has 2 N–H and O–H groups in total. The zero-order valence-corrected chi connectivity index (χ0v) is 22.2. The Morgan fingerprint density at radius 3 is 2.67 bits per heavy atom. The van der Waals surface area contributed by atoms with Crippen LogP contribution in [0.3, 0.4) is 0 Å². The number of aromatic nitrogens is 2. The Morgan fingerprint density at radius 2 is 2.00 bits per heavy atom. The Hall–Kier alpha value is -4.47.